The van der Waals surface area contributed by atoms with Crippen molar-refractivity contribution in [3.8, 4) is 22.8 Å². The summed E-state index contributed by atoms with van der Waals surface area (Å²) >= 11 is 11.8. The van der Waals surface area contributed by atoms with Crippen molar-refractivity contribution < 1.29 is 23.5 Å². The van der Waals surface area contributed by atoms with Crippen LogP contribution >= 0.6 is 23.2 Å². The summed E-state index contributed by atoms with van der Waals surface area (Å²) in [5.74, 6) is 1.03. The second-order valence-electron chi connectivity index (χ2n) is 5.44. The summed E-state index contributed by atoms with van der Waals surface area (Å²) in [6.45, 7) is -0.327. The first-order valence-corrected chi connectivity index (χ1v) is 8.64. The number of halogens is 2. The van der Waals surface area contributed by atoms with E-state index in [4.69, 9.17) is 41.9 Å². The van der Waals surface area contributed by atoms with E-state index < -0.39 is 5.97 Å². The number of methoxy groups -OCH3 is 1. The van der Waals surface area contributed by atoms with Crippen molar-refractivity contribution in [2.75, 3.05) is 13.7 Å². The van der Waals surface area contributed by atoms with E-state index in [9.17, 15) is 4.79 Å². The number of hydrogen-bond acceptors (Lipinski definition) is 6. The maximum Gasteiger partial charge on any atom is 0.344 e. The van der Waals surface area contributed by atoms with Crippen LogP contribution in [0.15, 0.2) is 53.1 Å². The molecule has 0 bridgehead atoms. The highest BCUT2D eigenvalue weighted by atomic mass is 35.5. The third-order valence-corrected chi connectivity index (χ3v) is 4.06. The minimum absolute atomic E-state index is 0.0377. The van der Waals surface area contributed by atoms with Gasteiger partial charge >= 0.3 is 5.97 Å². The molecular weight excluding hydrogens is 393 g/mol. The van der Waals surface area contributed by atoms with Gasteiger partial charge in [-0.15, -0.1) is 0 Å². The third-order valence-electron chi connectivity index (χ3n) is 3.53. The van der Waals surface area contributed by atoms with Crippen LogP contribution < -0.4 is 9.47 Å². The number of aromatic nitrogens is 1. The zero-order chi connectivity index (χ0) is 19.2. The lowest BCUT2D eigenvalue weighted by molar-refractivity contribution is -0.147. The molecule has 3 aromatic rings. The third kappa shape index (κ3) is 5.15. The number of benzene rings is 2. The maximum atomic E-state index is 11.8. The topological polar surface area (TPSA) is 70.8 Å². The van der Waals surface area contributed by atoms with Crippen molar-refractivity contribution in [1.29, 1.82) is 0 Å². The molecule has 0 unspecified atom stereocenters. The lowest BCUT2D eigenvalue weighted by Gasteiger charge is -2.07. The largest absolute Gasteiger partial charge is 0.497 e. The predicted octanol–water partition coefficient (Wildman–Crippen LogP) is 4.78. The molecule has 2 aromatic carbocycles. The molecule has 0 N–H and O–H groups in total. The van der Waals surface area contributed by atoms with Crippen LogP contribution in [0.2, 0.25) is 10.0 Å². The van der Waals surface area contributed by atoms with Gasteiger partial charge in [-0.2, -0.15) is 0 Å². The fourth-order valence-electron chi connectivity index (χ4n) is 2.22. The van der Waals surface area contributed by atoms with Gasteiger partial charge < -0.3 is 18.7 Å². The molecule has 0 aliphatic rings. The highest BCUT2D eigenvalue weighted by Gasteiger charge is 2.11. The Morgan fingerprint density at radius 1 is 1.15 bits per heavy atom. The van der Waals surface area contributed by atoms with Crippen molar-refractivity contribution in [2.24, 2.45) is 0 Å². The van der Waals surface area contributed by atoms with Gasteiger partial charge in [0.2, 0.25) is 0 Å². The fraction of sp³-hybridized carbons (Fsp3) is 0.158. The molecule has 0 atom stereocenters. The molecule has 6 nitrogen and oxygen atoms in total. The molecule has 3 rings (SSSR count). The number of rotatable bonds is 7. The van der Waals surface area contributed by atoms with E-state index in [1.165, 1.54) is 6.07 Å². The first-order chi connectivity index (χ1) is 13.0. The number of carbonyl (C=O) groups is 1. The highest BCUT2D eigenvalue weighted by Crippen LogP contribution is 2.27. The van der Waals surface area contributed by atoms with Crippen molar-refractivity contribution in [2.45, 2.75) is 6.61 Å². The van der Waals surface area contributed by atoms with E-state index >= 15 is 0 Å². The van der Waals surface area contributed by atoms with Crippen LogP contribution in [0, 0.1) is 0 Å². The average molecular weight is 408 g/mol. The number of hydrogen-bond donors (Lipinski definition) is 0. The van der Waals surface area contributed by atoms with E-state index in [2.05, 4.69) is 5.16 Å². The Labute approximate surface area is 165 Å². The number of esters is 1. The standard InChI is InChI=1S/C19H15Cl2NO5/c1-24-15-4-2-3-12(7-15)18-9-14(22-27-18)10-26-19(23)11-25-17-6-5-13(20)8-16(17)21/h2-9H,10-11H2,1H3. The van der Waals surface area contributed by atoms with Gasteiger partial charge in [-0.1, -0.05) is 40.5 Å². The van der Waals surface area contributed by atoms with Crippen LogP contribution in [0.1, 0.15) is 5.69 Å². The quantitative estimate of drug-likeness (QED) is 0.524. The summed E-state index contributed by atoms with van der Waals surface area (Å²) in [4.78, 5) is 11.8. The fourth-order valence-corrected chi connectivity index (χ4v) is 2.68. The van der Waals surface area contributed by atoms with E-state index in [-0.39, 0.29) is 13.2 Å². The van der Waals surface area contributed by atoms with Gasteiger partial charge in [0.1, 0.15) is 23.8 Å². The van der Waals surface area contributed by atoms with Crippen LogP contribution in [0.4, 0.5) is 0 Å². The van der Waals surface area contributed by atoms with Crippen LogP contribution in [-0.4, -0.2) is 24.8 Å². The Hall–Kier alpha value is -2.70. The summed E-state index contributed by atoms with van der Waals surface area (Å²) in [6.07, 6.45) is 0. The second kappa shape index (κ2) is 8.79. The van der Waals surface area contributed by atoms with Gasteiger partial charge in [-0.25, -0.2) is 4.79 Å². The monoisotopic (exact) mass is 407 g/mol. The maximum absolute atomic E-state index is 11.8. The SMILES string of the molecule is COc1cccc(-c2cc(COC(=O)COc3ccc(Cl)cc3Cl)no2)c1. The molecule has 0 saturated heterocycles. The van der Waals surface area contributed by atoms with E-state index in [0.717, 1.165) is 5.56 Å². The number of ether oxygens (including phenoxy) is 3. The van der Waals surface area contributed by atoms with Gasteiger partial charge in [0.15, 0.2) is 12.4 Å². The van der Waals surface area contributed by atoms with Gasteiger partial charge in [0.25, 0.3) is 0 Å². The van der Waals surface area contributed by atoms with Crippen molar-refractivity contribution >= 4 is 29.2 Å². The Balaban J connectivity index is 1.52. The molecule has 0 aliphatic heterocycles. The first-order valence-electron chi connectivity index (χ1n) is 7.88. The Morgan fingerprint density at radius 2 is 2.00 bits per heavy atom. The minimum atomic E-state index is -0.563. The predicted molar refractivity (Wildman–Crippen MR) is 100 cm³/mol. The van der Waals surface area contributed by atoms with E-state index in [1.807, 2.05) is 24.3 Å². The van der Waals surface area contributed by atoms with Crippen molar-refractivity contribution in [3.05, 3.63) is 64.3 Å². The smallest absolute Gasteiger partial charge is 0.344 e. The Kier molecular flexibility index (Phi) is 6.21. The zero-order valence-corrected chi connectivity index (χ0v) is 15.8. The molecule has 0 spiro atoms. The summed E-state index contributed by atoms with van der Waals surface area (Å²) in [5, 5.41) is 4.69. The Bertz CT molecular complexity index is 941. The van der Waals surface area contributed by atoms with Crippen molar-refractivity contribution in [3.63, 3.8) is 0 Å². The van der Waals surface area contributed by atoms with Crippen LogP contribution in [0.3, 0.4) is 0 Å². The molecule has 27 heavy (non-hydrogen) atoms. The van der Waals surface area contributed by atoms with Crippen LogP contribution in [0.5, 0.6) is 11.5 Å². The van der Waals surface area contributed by atoms with E-state index in [1.54, 1.807) is 25.3 Å². The van der Waals surface area contributed by atoms with Gasteiger partial charge in [-0.05, 0) is 30.3 Å². The Morgan fingerprint density at radius 3 is 2.78 bits per heavy atom. The normalized spacial score (nSPS) is 10.5. The second-order valence-corrected chi connectivity index (χ2v) is 6.28. The molecule has 0 radical (unpaired) electrons. The van der Waals surface area contributed by atoms with Crippen LogP contribution in [-0.2, 0) is 16.1 Å². The van der Waals surface area contributed by atoms with Crippen molar-refractivity contribution in [1.82, 2.24) is 5.16 Å². The molecule has 1 heterocycles. The molecule has 1 aromatic heterocycles. The lowest BCUT2D eigenvalue weighted by Crippen LogP contribution is -2.15. The zero-order valence-electron chi connectivity index (χ0n) is 14.3. The summed E-state index contributed by atoms with van der Waals surface area (Å²) < 4.78 is 20.9. The molecule has 0 saturated carbocycles. The molecule has 0 fully saturated rings. The van der Waals surface area contributed by atoms with Crippen LogP contribution in [0.25, 0.3) is 11.3 Å². The molecule has 0 aliphatic carbocycles. The molecule has 0 amide bonds. The summed E-state index contributed by atoms with van der Waals surface area (Å²) in [5.41, 5.74) is 1.28. The molecule has 140 valence electrons. The van der Waals surface area contributed by atoms with Gasteiger partial charge in [0, 0.05) is 16.7 Å². The summed E-state index contributed by atoms with van der Waals surface area (Å²) in [7, 11) is 1.59. The van der Waals surface area contributed by atoms with Gasteiger partial charge in [-0.3, -0.25) is 0 Å². The van der Waals surface area contributed by atoms with Gasteiger partial charge in [0.05, 0.1) is 12.1 Å². The number of nitrogens with zero attached hydrogens (tertiary/aromatic N) is 1. The minimum Gasteiger partial charge on any atom is -0.497 e. The average Bonchev–Trinajstić information content (AvgIpc) is 3.15. The van der Waals surface area contributed by atoms with E-state index in [0.29, 0.717) is 33.0 Å². The highest BCUT2D eigenvalue weighted by molar-refractivity contribution is 6.35. The molecular formula is C19H15Cl2NO5. The lowest BCUT2D eigenvalue weighted by atomic mass is 10.1. The summed E-state index contributed by atoms with van der Waals surface area (Å²) in [6, 6.07) is 13.8. The first kappa shape index (κ1) is 19.1. The molecule has 8 heteroatoms. The number of carbonyl (C=O) groups excluding carboxylic acids is 1.